The number of urea groups is 1. The molecular weight excluding hydrogens is 545 g/mol. The number of amides is 5. The Bertz CT molecular complexity index is 1520. The molecule has 5 amide bonds. The molecule has 3 aromatic rings. The normalized spacial score (nSPS) is 14.3. The van der Waals surface area contributed by atoms with Crippen LogP contribution in [0.15, 0.2) is 60.2 Å². The van der Waals surface area contributed by atoms with E-state index in [1.165, 1.54) is 49.6 Å². The summed E-state index contributed by atoms with van der Waals surface area (Å²) in [4.78, 5) is 51.3. The van der Waals surface area contributed by atoms with Crippen molar-refractivity contribution < 1.29 is 28.7 Å². The van der Waals surface area contributed by atoms with Gasteiger partial charge >= 0.3 is 6.03 Å². The SMILES string of the molecule is COc1cc(/C=C2/C(=O)NC(=O)N(c3ccc(Cl)cc3)C2=O)cc(Cl)c1OCC(=O)Nc1ccc(C)c(C)c1. The Labute approximate surface area is 234 Å². The molecule has 1 aliphatic rings. The third-order valence-corrected chi connectivity index (χ3v) is 6.42. The van der Waals surface area contributed by atoms with Crippen LogP contribution in [-0.4, -0.2) is 37.5 Å². The van der Waals surface area contributed by atoms with E-state index in [-0.39, 0.29) is 34.4 Å². The molecule has 4 rings (SSSR count). The van der Waals surface area contributed by atoms with Crippen molar-refractivity contribution in [3.05, 3.63) is 86.9 Å². The van der Waals surface area contributed by atoms with Crippen molar-refractivity contribution in [2.45, 2.75) is 13.8 Å². The van der Waals surface area contributed by atoms with Crippen molar-refractivity contribution in [2.75, 3.05) is 23.9 Å². The summed E-state index contributed by atoms with van der Waals surface area (Å²) in [6.45, 7) is 3.58. The fourth-order valence-electron chi connectivity index (χ4n) is 3.77. The van der Waals surface area contributed by atoms with Crippen LogP contribution in [0.3, 0.4) is 0 Å². The summed E-state index contributed by atoms with van der Waals surface area (Å²) in [6, 6.07) is 13.6. The molecule has 11 heteroatoms. The summed E-state index contributed by atoms with van der Waals surface area (Å²) in [6.07, 6.45) is 1.28. The van der Waals surface area contributed by atoms with Gasteiger partial charge in [0.1, 0.15) is 5.57 Å². The second-order valence-electron chi connectivity index (χ2n) is 8.60. The maximum atomic E-state index is 13.1. The van der Waals surface area contributed by atoms with Crippen LogP contribution in [0, 0.1) is 13.8 Å². The largest absolute Gasteiger partial charge is 0.493 e. The van der Waals surface area contributed by atoms with Crippen molar-refractivity contribution in [3.63, 3.8) is 0 Å². The van der Waals surface area contributed by atoms with Gasteiger partial charge < -0.3 is 14.8 Å². The number of hydrogen-bond acceptors (Lipinski definition) is 6. The zero-order valence-corrected chi connectivity index (χ0v) is 22.6. The van der Waals surface area contributed by atoms with Gasteiger partial charge in [-0.05, 0) is 85.1 Å². The van der Waals surface area contributed by atoms with E-state index in [1.54, 1.807) is 6.07 Å². The van der Waals surface area contributed by atoms with Gasteiger partial charge in [-0.15, -0.1) is 0 Å². The number of anilines is 2. The standard InChI is InChI=1S/C28H23Cl2N3O6/c1-15-4-7-19(10-16(15)2)31-24(34)14-39-25-22(30)12-17(13-23(25)38-3)11-21-26(35)32-28(37)33(27(21)36)20-8-5-18(29)6-9-20/h4-13H,14H2,1-3H3,(H,31,34)(H,32,35,37)/b21-11-. The lowest BCUT2D eigenvalue weighted by molar-refractivity contribution is -0.122. The number of rotatable bonds is 7. The van der Waals surface area contributed by atoms with E-state index >= 15 is 0 Å². The highest BCUT2D eigenvalue weighted by Gasteiger charge is 2.36. The molecular formula is C28H23Cl2N3O6. The van der Waals surface area contributed by atoms with Gasteiger partial charge in [0.25, 0.3) is 17.7 Å². The molecule has 0 unspecified atom stereocenters. The van der Waals surface area contributed by atoms with Crippen LogP contribution in [-0.2, 0) is 14.4 Å². The lowest BCUT2D eigenvalue weighted by Crippen LogP contribution is -2.54. The van der Waals surface area contributed by atoms with E-state index in [1.807, 2.05) is 26.0 Å². The van der Waals surface area contributed by atoms with Crippen LogP contribution < -0.4 is 25.0 Å². The lowest BCUT2D eigenvalue weighted by Gasteiger charge is -2.26. The Kier molecular flexibility index (Phi) is 8.23. The second kappa shape index (κ2) is 11.6. The predicted octanol–water partition coefficient (Wildman–Crippen LogP) is 5.30. The topological polar surface area (TPSA) is 114 Å². The number of aryl methyl sites for hydroxylation is 2. The Hall–Kier alpha value is -4.34. The molecule has 200 valence electrons. The highest BCUT2D eigenvalue weighted by molar-refractivity contribution is 6.39. The molecule has 3 aromatic carbocycles. The zero-order chi connectivity index (χ0) is 28.3. The third-order valence-electron chi connectivity index (χ3n) is 5.89. The van der Waals surface area contributed by atoms with E-state index < -0.39 is 23.8 Å². The molecule has 1 heterocycles. The summed E-state index contributed by atoms with van der Waals surface area (Å²) in [7, 11) is 1.38. The molecule has 9 nitrogen and oxygen atoms in total. The fourth-order valence-corrected chi connectivity index (χ4v) is 4.17. The molecule has 0 radical (unpaired) electrons. The van der Waals surface area contributed by atoms with Crippen molar-refractivity contribution in [1.29, 1.82) is 0 Å². The van der Waals surface area contributed by atoms with E-state index in [0.717, 1.165) is 16.0 Å². The van der Waals surface area contributed by atoms with Gasteiger partial charge in [-0.25, -0.2) is 9.69 Å². The van der Waals surface area contributed by atoms with E-state index in [0.29, 0.717) is 16.3 Å². The molecule has 1 fully saturated rings. The number of nitrogens with zero attached hydrogens (tertiary/aromatic N) is 1. The van der Waals surface area contributed by atoms with Gasteiger partial charge in [0, 0.05) is 10.7 Å². The summed E-state index contributed by atoms with van der Waals surface area (Å²) in [5, 5.41) is 5.40. The quantitative estimate of drug-likeness (QED) is 0.295. The molecule has 1 saturated heterocycles. The second-order valence-corrected chi connectivity index (χ2v) is 9.45. The van der Waals surface area contributed by atoms with Crippen LogP contribution in [0.2, 0.25) is 10.0 Å². The first kappa shape index (κ1) is 27.7. The van der Waals surface area contributed by atoms with Gasteiger partial charge in [0.2, 0.25) is 0 Å². The highest BCUT2D eigenvalue weighted by atomic mass is 35.5. The monoisotopic (exact) mass is 567 g/mol. The number of halogens is 2. The van der Waals surface area contributed by atoms with E-state index in [2.05, 4.69) is 10.6 Å². The number of methoxy groups -OCH3 is 1. The average Bonchev–Trinajstić information content (AvgIpc) is 2.88. The Morgan fingerprint density at radius 1 is 1.00 bits per heavy atom. The fraction of sp³-hybridized carbons (Fsp3) is 0.143. The number of hydrogen-bond donors (Lipinski definition) is 2. The minimum Gasteiger partial charge on any atom is -0.493 e. The van der Waals surface area contributed by atoms with Gasteiger partial charge in [-0.2, -0.15) is 0 Å². The number of imide groups is 2. The molecule has 0 saturated carbocycles. The van der Waals surface area contributed by atoms with Crippen molar-refractivity contribution in [2.24, 2.45) is 0 Å². The highest BCUT2D eigenvalue weighted by Crippen LogP contribution is 2.37. The molecule has 0 spiro atoms. The first-order chi connectivity index (χ1) is 18.6. The third kappa shape index (κ3) is 6.22. The van der Waals surface area contributed by atoms with Crippen LogP contribution in [0.1, 0.15) is 16.7 Å². The number of barbiturate groups is 1. The Morgan fingerprint density at radius 2 is 1.72 bits per heavy atom. The van der Waals surface area contributed by atoms with Crippen molar-refractivity contribution in [1.82, 2.24) is 5.32 Å². The number of ether oxygens (including phenoxy) is 2. The minimum absolute atomic E-state index is 0.0782. The van der Waals surface area contributed by atoms with Gasteiger partial charge in [-0.1, -0.05) is 29.3 Å². The summed E-state index contributed by atoms with van der Waals surface area (Å²) < 4.78 is 11.0. The van der Waals surface area contributed by atoms with Crippen LogP contribution in [0.5, 0.6) is 11.5 Å². The minimum atomic E-state index is -0.886. The number of carbonyl (C=O) groups is 4. The van der Waals surface area contributed by atoms with Crippen LogP contribution >= 0.6 is 23.2 Å². The molecule has 39 heavy (non-hydrogen) atoms. The van der Waals surface area contributed by atoms with Crippen molar-refractivity contribution >= 4 is 64.4 Å². The number of carbonyl (C=O) groups excluding carboxylic acids is 4. The van der Waals surface area contributed by atoms with E-state index in [9.17, 15) is 19.2 Å². The summed E-state index contributed by atoms with van der Waals surface area (Å²) >= 11 is 12.3. The van der Waals surface area contributed by atoms with Crippen LogP contribution in [0.4, 0.5) is 16.2 Å². The average molecular weight is 568 g/mol. The van der Waals surface area contributed by atoms with Gasteiger partial charge in [0.15, 0.2) is 18.1 Å². The smallest absolute Gasteiger partial charge is 0.335 e. The van der Waals surface area contributed by atoms with E-state index in [4.69, 9.17) is 32.7 Å². The Morgan fingerprint density at radius 3 is 2.38 bits per heavy atom. The molecule has 0 atom stereocenters. The predicted molar refractivity (Wildman–Crippen MR) is 148 cm³/mol. The lowest BCUT2D eigenvalue weighted by atomic mass is 10.1. The molecule has 0 bridgehead atoms. The number of nitrogens with one attached hydrogen (secondary N) is 2. The zero-order valence-electron chi connectivity index (χ0n) is 21.1. The maximum absolute atomic E-state index is 13.1. The first-order valence-electron chi connectivity index (χ1n) is 11.6. The van der Waals surface area contributed by atoms with Crippen LogP contribution in [0.25, 0.3) is 6.08 Å². The maximum Gasteiger partial charge on any atom is 0.335 e. The van der Waals surface area contributed by atoms with Gasteiger partial charge in [-0.3, -0.25) is 19.7 Å². The molecule has 0 aliphatic carbocycles. The first-order valence-corrected chi connectivity index (χ1v) is 12.4. The molecule has 0 aromatic heterocycles. The van der Waals surface area contributed by atoms with Crippen molar-refractivity contribution in [3.8, 4) is 11.5 Å². The van der Waals surface area contributed by atoms with Gasteiger partial charge in [0.05, 0.1) is 17.8 Å². The summed E-state index contributed by atoms with van der Waals surface area (Å²) in [5.74, 6) is -1.83. The molecule has 1 aliphatic heterocycles. The molecule has 2 N–H and O–H groups in total. The number of benzene rings is 3. The Balaban J connectivity index is 1.54. The summed E-state index contributed by atoms with van der Waals surface area (Å²) in [5.41, 5.74) is 3.03.